The minimum atomic E-state index is -0.0284. The third kappa shape index (κ3) is 3.51. The number of rotatable bonds is 6. The van der Waals surface area contributed by atoms with Gasteiger partial charge in [0.1, 0.15) is 4.83 Å². The first-order valence-electron chi connectivity index (χ1n) is 8.99. The Morgan fingerprint density at radius 3 is 2.43 bits per heavy atom. The van der Waals surface area contributed by atoms with Crippen molar-refractivity contribution >= 4 is 33.3 Å². The summed E-state index contributed by atoms with van der Waals surface area (Å²) in [5.74, 6) is 0.733. The van der Waals surface area contributed by atoms with Gasteiger partial charge in [0, 0.05) is 23.3 Å². The van der Waals surface area contributed by atoms with Crippen molar-refractivity contribution in [2.75, 3.05) is 19.5 Å². The Labute approximate surface area is 171 Å². The van der Waals surface area contributed by atoms with Gasteiger partial charge in [0.25, 0.3) is 5.56 Å². The molecule has 6 heteroatoms. The van der Waals surface area contributed by atoms with Crippen LogP contribution in [-0.4, -0.2) is 29.0 Å². The van der Waals surface area contributed by atoms with Gasteiger partial charge in [-0.25, -0.2) is 4.98 Å². The number of methoxy groups -OCH3 is 1. The van der Waals surface area contributed by atoms with Gasteiger partial charge in [0.05, 0.1) is 17.7 Å². The Kier molecular flexibility index (Phi) is 5.62. The molecule has 0 fully saturated rings. The number of benzene rings is 2. The van der Waals surface area contributed by atoms with Crippen molar-refractivity contribution in [3.8, 4) is 16.8 Å². The van der Waals surface area contributed by atoms with Crippen LogP contribution in [-0.2, 0) is 4.74 Å². The first-order valence-corrected chi connectivity index (χ1v) is 10.8. The molecule has 0 aliphatic carbocycles. The first-order chi connectivity index (χ1) is 13.7. The van der Waals surface area contributed by atoms with Crippen LogP contribution in [0.15, 0.2) is 70.6 Å². The fourth-order valence-electron chi connectivity index (χ4n) is 3.21. The molecule has 0 aliphatic rings. The summed E-state index contributed by atoms with van der Waals surface area (Å²) in [6.07, 6.45) is 0. The molecule has 142 valence electrons. The van der Waals surface area contributed by atoms with Crippen molar-refractivity contribution < 1.29 is 4.74 Å². The lowest BCUT2D eigenvalue weighted by Gasteiger charge is -2.12. The van der Waals surface area contributed by atoms with Gasteiger partial charge in [-0.3, -0.25) is 9.36 Å². The highest BCUT2D eigenvalue weighted by molar-refractivity contribution is 7.99. The molecule has 0 amide bonds. The van der Waals surface area contributed by atoms with E-state index in [1.807, 2.05) is 60.7 Å². The van der Waals surface area contributed by atoms with E-state index in [1.165, 1.54) is 11.8 Å². The van der Waals surface area contributed by atoms with Crippen LogP contribution in [0.25, 0.3) is 27.0 Å². The second-order valence-corrected chi connectivity index (χ2v) is 8.56. The Bertz CT molecular complexity index is 1150. The highest BCUT2D eigenvalue weighted by Gasteiger charge is 2.20. The molecule has 0 saturated carbocycles. The van der Waals surface area contributed by atoms with E-state index in [0.717, 1.165) is 32.3 Å². The van der Waals surface area contributed by atoms with Gasteiger partial charge in [-0.2, -0.15) is 0 Å². The molecule has 0 aliphatic heterocycles. The second-order valence-electron chi connectivity index (χ2n) is 6.29. The predicted molar refractivity (Wildman–Crippen MR) is 118 cm³/mol. The van der Waals surface area contributed by atoms with E-state index in [4.69, 9.17) is 9.72 Å². The normalized spacial score (nSPS) is 11.2. The molecule has 2 aromatic carbocycles. The SMILES string of the molecule is COCCSc1nc2sc(C)c(-c3ccccc3)c2c(=O)n1-c1ccccc1. The largest absolute Gasteiger partial charge is 0.384 e. The van der Waals surface area contributed by atoms with Crippen molar-refractivity contribution in [1.82, 2.24) is 9.55 Å². The lowest BCUT2D eigenvalue weighted by atomic mass is 10.0. The maximum Gasteiger partial charge on any atom is 0.268 e. The molecule has 0 radical (unpaired) electrons. The van der Waals surface area contributed by atoms with E-state index in [0.29, 0.717) is 17.1 Å². The van der Waals surface area contributed by atoms with Crippen molar-refractivity contribution in [3.63, 3.8) is 0 Å². The molecule has 0 unspecified atom stereocenters. The molecular weight excluding hydrogens is 388 g/mol. The van der Waals surface area contributed by atoms with Crippen molar-refractivity contribution in [2.24, 2.45) is 0 Å². The Hall–Kier alpha value is -2.41. The molecule has 0 bridgehead atoms. The summed E-state index contributed by atoms with van der Waals surface area (Å²) in [5.41, 5.74) is 2.82. The summed E-state index contributed by atoms with van der Waals surface area (Å²) in [6, 6.07) is 19.8. The molecular formula is C22H20N2O2S2. The lowest BCUT2D eigenvalue weighted by Crippen LogP contribution is -2.21. The Morgan fingerprint density at radius 2 is 1.75 bits per heavy atom. The molecule has 4 nitrogen and oxygen atoms in total. The zero-order valence-corrected chi connectivity index (χ0v) is 17.3. The molecule has 4 aromatic rings. The number of ether oxygens (including phenoxy) is 1. The lowest BCUT2D eigenvalue weighted by molar-refractivity contribution is 0.218. The second kappa shape index (κ2) is 8.31. The summed E-state index contributed by atoms with van der Waals surface area (Å²) in [6.45, 7) is 2.66. The zero-order chi connectivity index (χ0) is 19.5. The van der Waals surface area contributed by atoms with Gasteiger partial charge in [-0.1, -0.05) is 60.3 Å². The fraction of sp³-hybridized carbons (Fsp3) is 0.182. The number of fused-ring (bicyclic) bond motifs is 1. The number of thiophene rings is 1. The van der Waals surface area contributed by atoms with Gasteiger partial charge in [-0.05, 0) is 24.6 Å². The van der Waals surface area contributed by atoms with Crippen molar-refractivity contribution in [2.45, 2.75) is 12.1 Å². The molecule has 0 saturated heterocycles. The van der Waals surface area contributed by atoms with Gasteiger partial charge in [0.2, 0.25) is 0 Å². The highest BCUT2D eigenvalue weighted by Crippen LogP contribution is 2.36. The van der Waals surface area contributed by atoms with Gasteiger partial charge >= 0.3 is 0 Å². The molecule has 28 heavy (non-hydrogen) atoms. The smallest absolute Gasteiger partial charge is 0.268 e. The standard InChI is InChI=1S/C22H20N2O2S2/c1-15-18(16-9-5-3-6-10-16)19-20(28-15)23-22(27-14-13-26-2)24(21(19)25)17-11-7-4-8-12-17/h3-12H,13-14H2,1-2H3. The van der Waals surface area contributed by atoms with Crippen LogP contribution in [0.5, 0.6) is 0 Å². The van der Waals surface area contributed by atoms with E-state index in [2.05, 4.69) is 6.92 Å². The fourth-order valence-corrected chi connectivity index (χ4v) is 5.21. The average molecular weight is 409 g/mol. The van der Waals surface area contributed by atoms with Crippen LogP contribution in [0.1, 0.15) is 4.88 Å². The summed E-state index contributed by atoms with van der Waals surface area (Å²) in [4.78, 5) is 20.4. The van der Waals surface area contributed by atoms with Crippen LogP contribution in [0.4, 0.5) is 0 Å². The number of aromatic nitrogens is 2. The maximum atomic E-state index is 13.7. The highest BCUT2D eigenvalue weighted by atomic mass is 32.2. The quantitative estimate of drug-likeness (QED) is 0.251. The van der Waals surface area contributed by atoms with E-state index in [9.17, 15) is 4.79 Å². The van der Waals surface area contributed by atoms with Crippen LogP contribution in [0.3, 0.4) is 0 Å². The topological polar surface area (TPSA) is 44.1 Å². The van der Waals surface area contributed by atoms with Crippen LogP contribution < -0.4 is 5.56 Å². The van der Waals surface area contributed by atoms with E-state index in [1.54, 1.807) is 23.0 Å². The zero-order valence-electron chi connectivity index (χ0n) is 15.7. The molecule has 0 spiro atoms. The first kappa shape index (κ1) is 18.9. The third-order valence-corrected chi connectivity index (χ3v) is 6.37. The van der Waals surface area contributed by atoms with Gasteiger partial charge < -0.3 is 4.74 Å². The van der Waals surface area contributed by atoms with Crippen LogP contribution in [0, 0.1) is 6.92 Å². The van der Waals surface area contributed by atoms with Crippen LogP contribution >= 0.6 is 23.1 Å². The molecule has 0 N–H and O–H groups in total. The maximum absolute atomic E-state index is 13.7. The number of hydrogen-bond acceptors (Lipinski definition) is 5. The number of aryl methyl sites for hydroxylation is 1. The number of hydrogen-bond donors (Lipinski definition) is 0. The monoisotopic (exact) mass is 408 g/mol. The van der Waals surface area contributed by atoms with Crippen LogP contribution in [0.2, 0.25) is 0 Å². The van der Waals surface area contributed by atoms with Gasteiger partial charge in [0.15, 0.2) is 5.16 Å². The van der Waals surface area contributed by atoms with Crippen molar-refractivity contribution in [1.29, 1.82) is 0 Å². The number of thioether (sulfide) groups is 1. The summed E-state index contributed by atoms with van der Waals surface area (Å²) >= 11 is 3.12. The minimum absolute atomic E-state index is 0.0284. The van der Waals surface area contributed by atoms with Crippen molar-refractivity contribution in [3.05, 3.63) is 75.9 Å². The molecule has 2 aromatic heterocycles. The molecule has 2 heterocycles. The van der Waals surface area contributed by atoms with E-state index in [-0.39, 0.29) is 5.56 Å². The average Bonchev–Trinajstić information content (AvgIpc) is 3.06. The Morgan fingerprint density at radius 1 is 1.07 bits per heavy atom. The molecule has 4 rings (SSSR count). The summed E-state index contributed by atoms with van der Waals surface area (Å²) < 4.78 is 6.90. The minimum Gasteiger partial charge on any atom is -0.384 e. The third-order valence-electron chi connectivity index (χ3n) is 4.47. The number of para-hydroxylation sites is 1. The summed E-state index contributed by atoms with van der Waals surface area (Å²) in [7, 11) is 1.68. The molecule has 0 atom stereocenters. The number of nitrogens with zero attached hydrogens (tertiary/aromatic N) is 2. The van der Waals surface area contributed by atoms with Gasteiger partial charge in [-0.15, -0.1) is 11.3 Å². The van der Waals surface area contributed by atoms with E-state index >= 15 is 0 Å². The predicted octanol–water partition coefficient (Wildman–Crippen LogP) is 5.16. The van der Waals surface area contributed by atoms with E-state index < -0.39 is 0 Å². The summed E-state index contributed by atoms with van der Waals surface area (Å²) in [5, 5.41) is 1.38. The Balaban J connectivity index is 1.99.